The number of nitrogens with zero attached hydrogens (tertiary/aromatic N) is 2. The van der Waals surface area contributed by atoms with Crippen molar-refractivity contribution in [3.8, 4) is 11.5 Å². The van der Waals surface area contributed by atoms with Crippen LogP contribution < -0.4 is 10.1 Å². The Hall–Kier alpha value is -2.86. The van der Waals surface area contributed by atoms with Crippen LogP contribution in [0, 0.1) is 0 Å². The summed E-state index contributed by atoms with van der Waals surface area (Å²) in [5, 5.41) is 2.61. The van der Waals surface area contributed by atoms with E-state index >= 15 is 0 Å². The molecular weight excluding hydrogens is 402 g/mol. The Morgan fingerprint density at radius 1 is 0.938 bits per heavy atom. The molecule has 2 heterocycles. The Morgan fingerprint density at radius 3 is 2.31 bits per heavy atom. The summed E-state index contributed by atoms with van der Waals surface area (Å²) in [6.07, 6.45) is 7.11. The molecule has 1 aliphatic carbocycles. The van der Waals surface area contributed by atoms with E-state index in [1.54, 1.807) is 31.3 Å². The molecule has 2 amide bonds. The van der Waals surface area contributed by atoms with Crippen LogP contribution in [-0.2, 0) is 6.42 Å². The zero-order valence-electron chi connectivity index (χ0n) is 18.7. The normalized spacial score (nSPS) is 19.9. The highest BCUT2D eigenvalue weighted by Crippen LogP contribution is 2.32. The summed E-state index contributed by atoms with van der Waals surface area (Å²) in [6.45, 7) is 3.03. The van der Waals surface area contributed by atoms with E-state index in [1.165, 1.54) is 19.3 Å². The molecule has 3 aliphatic rings. The van der Waals surface area contributed by atoms with Crippen LogP contribution in [0.25, 0.3) is 0 Å². The second-order valence-corrected chi connectivity index (χ2v) is 9.12. The van der Waals surface area contributed by atoms with E-state index in [2.05, 4.69) is 15.1 Å². The second kappa shape index (κ2) is 8.94. The number of piperidine rings is 1. The number of carbonyl (C=O) groups excluding carboxylic acids is 2. The lowest BCUT2D eigenvalue weighted by atomic mass is 9.88. The lowest BCUT2D eigenvalue weighted by Gasteiger charge is -2.45. The van der Waals surface area contributed by atoms with Gasteiger partial charge in [-0.25, -0.2) is 0 Å². The summed E-state index contributed by atoms with van der Waals surface area (Å²) >= 11 is 0. The number of carbonyl (C=O) groups is 2. The number of amides is 2. The molecule has 2 aromatic carbocycles. The number of hydrogen-bond acceptors (Lipinski definition) is 4. The summed E-state index contributed by atoms with van der Waals surface area (Å²) < 4.78 is 5.98. The Labute approximate surface area is 189 Å². The first-order valence-corrected chi connectivity index (χ1v) is 11.8. The van der Waals surface area contributed by atoms with E-state index in [0.29, 0.717) is 23.1 Å². The third kappa shape index (κ3) is 4.11. The van der Waals surface area contributed by atoms with Crippen LogP contribution in [0.2, 0.25) is 0 Å². The van der Waals surface area contributed by atoms with Gasteiger partial charge >= 0.3 is 0 Å². The molecule has 0 aromatic heterocycles. The number of rotatable bonds is 5. The maximum atomic E-state index is 13.2. The van der Waals surface area contributed by atoms with Crippen LogP contribution in [0.5, 0.6) is 11.5 Å². The topological polar surface area (TPSA) is 61.9 Å². The van der Waals surface area contributed by atoms with Crippen molar-refractivity contribution in [2.75, 3.05) is 26.7 Å². The standard InChI is InChI=1S/C26H31N3O3/c1-27-25(30)18-5-7-22(8-6-18)32-23-9-10-24-19(17-23)11-16-29(26(24)31)21-12-14-28(15-13-21)20-3-2-4-20/h5-10,17,20-21H,2-4,11-16H2,1H3,(H,27,30). The number of hydrogen-bond donors (Lipinski definition) is 1. The van der Waals surface area contributed by atoms with Crippen LogP contribution in [0.3, 0.4) is 0 Å². The SMILES string of the molecule is CNC(=O)c1ccc(Oc2ccc3c(c2)CCN(C2CCN(C4CCC4)CC2)C3=O)cc1. The summed E-state index contributed by atoms with van der Waals surface area (Å²) in [4.78, 5) is 29.7. The third-order valence-electron chi connectivity index (χ3n) is 7.30. The van der Waals surface area contributed by atoms with Crippen LogP contribution >= 0.6 is 0 Å². The smallest absolute Gasteiger partial charge is 0.254 e. The molecule has 6 heteroatoms. The quantitative estimate of drug-likeness (QED) is 0.778. The average molecular weight is 434 g/mol. The molecule has 1 saturated carbocycles. The fraction of sp³-hybridized carbons (Fsp3) is 0.462. The molecule has 1 N–H and O–H groups in total. The molecule has 5 rings (SSSR count). The molecule has 1 saturated heterocycles. The van der Waals surface area contributed by atoms with Gasteiger partial charge in [0, 0.05) is 49.9 Å². The highest BCUT2D eigenvalue weighted by molar-refractivity contribution is 5.97. The first-order chi connectivity index (χ1) is 15.6. The Kier molecular flexibility index (Phi) is 5.87. The molecule has 6 nitrogen and oxygen atoms in total. The number of nitrogens with one attached hydrogen (secondary N) is 1. The van der Waals surface area contributed by atoms with Crippen molar-refractivity contribution in [3.05, 3.63) is 59.2 Å². The molecule has 2 aliphatic heterocycles. The summed E-state index contributed by atoms with van der Waals surface area (Å²) in [7, 11) is 1.61. The van der Waals surface area contributed by atoms with Crippen molar-refractivity contribution < 1.29 is 14.3 Å². The van der Waals surface area contributed by atoms with E-state index in [4.69, 9.17) is 4.74 Å². The van der Waals surface area contributed by atoms with Crippen molar-refractivity contribution in [2.45, 2.75) is 50.6 Å². The number of fused-ring (bicyclic) bond motifs is 1. The number of likely N-dealkylation sites (tertiary alicyclic amines) is 1. The van der Waals surface area contributed by atoms with Crippen molar-refractivity contribution in [1.82, 2.24) is 15.1 Å². The largest absolute Gasteiger partial charge is 0.457 e. The molecule has 0 atom stereocenters. The summed E-state index contributed by atoms with van der Waals surface area (Å²) in [5.41, 5.74) is 2.45. The van der Waals surface area contributed by atoms with Gasteiger partial charge in [0.15, 0.2) is 0 Å². The van der Waals surface area contributed by atoms with Gasteiger partial charge in [-0.15, -0.1) is 0 Å². The molecule has 0 radical (unpaired) electrons. The van der Waals surface area contributed by atoms with Gasteiger partial charge in [-0.05, 0) is 80.1 Å². The van der Waals surface area contributed by atoms with Gasteiger partial charge < -0.3 is 19.9 Å². The highest BCUT2D eigenvalue weighted by atomic mass is 16.5. The van der Waals surface area contributed by atoms with Gasteiger partial charge in [-0.3, -0.25) is 9.59 Å². The molecule has 0 unspecified atom stereocenters. The zero-order valence-corrected chi connectivity index (χ0v) is 18.7. The number of benzene rings is 2. The van der Waals surface area contributed by atoms with Crippen LogP contribution in [0.1, 0.15) is 58.4 Å². The van der Waals surface area contributed by atoms with E-state index < -0.39 is 0 Å². The van der Waals surface area contributed by atoms with Crippen molar-refractivity contribution in [1.29, 1.82) is 0 Å². The third-order valence-corrected chi connectivity index (χ3v) is 7.30. The van der Waals surface area contributed by atoms with E-state index in [-0.39, 0.29) is 11.8 Å². The van der Waals surface area contributed by atoms with Crippen LogP contribution in [0.4, 0.5) is 0 Å². The monoisotopic (exact) mass is 433 g/mol. The fourth-order valence-electron chi connectivity index (χ4n) is 5.16. The molecule has 0 spiro atoms. The minimum Gasteiger partial charge on any atom is -0.457 e. The van der Waals surface area contributed by atoms with Gasteiger partial charge in [0.2, 0.25) is 0 Å². The van der Waals surface area contributed by atoms with Gasteiger partial charge in [0.1, 0.15) is 11.5 Å². The minimum absolute atomic E-state index is 0.123. The lowest BCUT2D eigenvalue weighted by molar-refractivity contribution is 0.0414. The van der Waals surface area contributed by atoms with Gasteiger partial charge in [0.05, 0.1) is 0 Å². The Morgan fingerprint density at radius 2 is 1.66 bits per heavy atom. The van der Waals surface area contributed by atoms with Crippen LogP contribution in [-0.4, -0.2) is 60.4 Å². The molecule has 0 bridgehead atoms. The maximum Gasteiger partial charge on any atom is 0.254 e. The second-order valence-electron chi connectivity index (χ2n) is 9.12. The molecule has 32 heavy (non-hydrogen) atoms. The van der Waals surface area contributed by atoms with Crippen molar-refractivity contribution >= 4 is 11.8 Å². The van der Waals surface area contributed by atoms with Crippen molar-refractivity contribution in [3.63, 3.8) is 0 Å². The first-order valence-electron chi connectivity index (χ1n) is 11.8. The van der Waals surface area contributed by atoms with Gasteiger partial charge in [-0.2, -0.15) is 0 Å². The van der Waals surface area contributed by atoms with E-state index in [1.807, 2.05) is 18.2 Å². The maximum absolute atomic E-state index is 13.2. The predicted octanol–water partition coefficient (Wildman–Crippen LogP) is 3.85. The first kappa shape index (κ1) is 21.0. The average Bonchev–Trinajstić information content (AvgIpc) is 2.79. The predicted molar refractivity (Wildman–Crippen MR) is 123 cm³/mol. The fourth-order valence-corrected chi connectivity index (χ4v) is 5.16. The summed E-state index contributed by atoms with van der Waals surface area (Å²) in [5.74, 6) is 1.42. The highest BCUT2D eigenvalue weighted by Gasteiger charge is 2.34. The molecule has 2 fully saturated rings. The van der Waals surface area contributed by atoms with Gasteiger partial charge in [-0.1, -0.05) is 6.42 Å². The van der Waals surface area contributed by atoms with Crippen molar-refractivity contribution in [2.24, 2.45) is 0 Å². The van der Waals surface area contributed by atoms with Gasteiger partial charge in [0.25, 0.3) is 11.8 Å². The Bertz CT molecular complexity index is 992. The lowest BCUT2D eigenvalue weighted by Crippen LogP contribution is -2.52. The van der Waals surface area contributed by atoms with E-state index in [0.717, 1.165) is 56.1 Å². The van der Waals surface area contributed by atoms with Crippen LogP contribution in [0.15, 0.2) is 42.5 Å². The summed E-state index contributed by atoms with van der Waals surface area (Å²) in [6, 6.07) is 14.0. The van der Waals surface area contributed by atoms with E-state index in [9.17, 15) is 9.59 Å². The minimum atomic E-state index is -0.123. The molecule has 2 aromatic rings. The zero-order chi connectivity index (χ0) is 22.1. The number of ether oxygens (including phenoxy) is 1. The molecular formula is C26H31N3O3. The molecule has 168 valence electrons. The Balaban J connectivity index is 1.23.